The molecule has 4 heteroatoms. The van der Waals surface area contributed by atoms with Crippen molar-refractivity contribution in [2.75, 3.05) is 18.0 Å². The highest BCUT2D eigenvalue weighted by Gasteiger charge is 2.61. The number of hydrogen-bond acceptors (Lipinski definition) is 4. The van der Waals surface area contributed by atoms with Gasteiger partial charge in [-0.1, -0.05) is 19.1 Å². The van der Waals surface area contributed by atoms with Crippen LogP contribution in [0.1, 0.15) is 76.2 Å². The first-order valence-corrected chi connectivity index (χ1v) is 12.7. The number of nitrogens with zero attached hydrogens (tertiary/aromatic N) is 1. The molecule has 1 aliphatic heterocycles. The highest BCUT2D eigenvalue weighted by atomic mass is 16.3. The van der Waals surface area contributed by atoms with E-state index in [1.165, 1.54) is 40.8 Å². The largest absolute Gasteiger partial charge is 0.393 e. The minimum atomic E-state index is -0.379. The van der Waals surface area contributed by atoms with E-state index in [0.29, 0.717) is 12.3 Å². The van der Waals surface area contributed by atoms with E-state index in [-0.39, 0.29) is 28.8 Å². The zero-order chi connectivity index (χ0) is 22.1. The van der Waals surface area contributed by atoms with E-state index < -0.39 is 0 Å². The summed E-state index contributed by atoms with van der Waals surface area (Å²) in [5.41, 5.74) is 13.5. The van der Waals surface area contributed by atoms with Gasteiger partial charge in [-0.25, -0.2) is 0 Å². The maximum Gasteiger partial charge on any atom is 0.156 e. The number of allylic oxidation sites excluding steroid dienone is 3. The van der Waals surface area contributed by atoms with Crippen molar-refractivity contribution in [3.05, 3.63) is 52.6 Å². The number of aliphatic hydroxyl groups excluding tert-OH is 1. The second kappa shape index (κ2) is 7.30. The first-order valence-electron chi connectivity index (χ1n) is 12.7. The highest BCUT2D eigenvalue weighted by Crippen LogP contribution is 2.64. The van der Waals surface area contributed by atoms with E-state index >= 15 is 0 Å². The van der Waals surface area contributed by atoms with Gasteiger partial charge in [-0.2, -0.15) is 0 Å². The molecule has 0 aromatic heterocycles. The zero-order valence-electron chi connectivity index (χ0n) is 19.3. The Hall–Kier alpha value is -1.91. The van der Waals surface area contributed by atoms with Crippen LogP contribution in [0.4, 0.5) is 5.69 Å². The molecule has 0 amide bonds. The molecule has 32 heavy (non-hydrogen) atoms. The first kappa shape index (κ1) is 20.7. The van der Waals surface area contributed by atoms with E-state index in [9.17, 15) is 9.90 Å². The van der Waals surface area contributed by atoms with Crippen LogP contribution in [0.2, 0.25) is 0 Å². The van der Waals surface area contributed by atoms with Crippen LogP contribution in [-0.4, -0.2) is 35.6 Å². The molecule has 5 atom stereocenters. The third kappa shape index (κ3) is 2.92. The van der Waals surface area contributed by atoms with Crippen LogP contribution in [0, 0.1) is 11.3 Å². The molecule has 3 fully saturated rings. The number of anilines is 1. The van der Waals surface area contributed by atoms with Crippen LogP contribution in [0.25, 0.3) is 0 Å². The Morgan fingerprint density at radius 3 is 2.56 bits per heavy atom. The summed E-state index contributed by atoms with van der Waals surface area (Å²) in [7, 11) is 0. The van der Waals surface area contributed by atoms with Gasteiger partial charge >= 0.3 is 0 Å². The van der Waals surface area contributed by atoms with E-state index in [2.05, 4.69) is 36.1 Å². The van der Waals surface area contributed by atoms with Gasteiger partial charge in [0.05, 0.1) is 6.10 Å². The van der Waals surface area contributed by atoms with Crippen LogP contribution in [-0.2, 0) is 4.79 Å². The van der Waals surface area contributed by atoms with Gasteiger partial charge in [-0.05, 0) is 103 Å². The molecule has 3 N–H and O–H groups in total. The lowest BCUT2D eigenvalue weighted by atomic mass is 9.50. The van der Waals surface area contributed by atoms with Crippen LogP contribution in [0.3, 0.4) is 0 Å². The molecule has 1 heterocycles. The fraction of sp³-hybridized carbons (Fsp3) is 0.607. The molecular weight excluding hydrogens is 396 g/mol. The zero-order valence-corrected chi connectivity index (χ0v) is 19.3. The molecule has 170 valence electrons. The number of rotatable bonds is 2. The standard InChI is InChI=1S/C28H36N2O2/c1-27-17-23(18-4-6-20(7-5-18)30-14-2-3-15-30)26-22-9-8-21(31)16-19(22)12-13-28(26,29)24(27)10-11-25(27)32/h4-7,16,23-25,32H,2-3,8-15,17,29H2,1H3. The third-order valence-electron chi connectivity index (χ3n) is 9.65. The Labute approximate surface area is 191 Å². The Kier molecular flexibility index (Phi) is 4.71. The van der Waals surface area contributed by atoms with E-state index in [0.717, 1.165) is 51.6 Å². The molecule has 5 aliphatic rings. The molecule has 5 unspecified atom stereocenters. The summed E-state index contributed by atoms with van der Waals surface area (Å²) < 4.78 is 0. The van der Waals surface area contributed by atoms with Crippen molar-refractivity contribution in [3.63, 3.8) is 0 Å². The van der Waals surface area contributed by atoms with Gasteiger partial charge in [-0.3, -0.25) is 4.79 Å². The summed E-state index contributed by atoms with van der Waals surface area (Å²) in [5.74, 6) is 0.789. The van der Waals surface area contributed by atoms with Crippen LogP contribution < -0.4 is 10.6 Å². The van der Waals surface area contributed by atoms with Gasteiger partial charge in [0.15, 0.2) is 5.78 Å². The molecule has 6 rings (SSSR count). The maximum absolute atomic E-state index is 12.2. The minimum absolute atomic E-state index is 0.150. The van der Waals surface area contributed by atoms with Gasteiger partial charge in [-0.15, -0.1) is 0 Å². The third-order valence-corrected chi connectivity index (χ3v) is 9.65. The number of hydrogen-bond donors (Lipinski definition) is 2. The summed E-state index contributed by atoms with van der Waals surface area (Å²) in [5, 5.41) is 11.1. The van der Waals surface area contributed by atoms with Crippen LogP contribution in [0.5, 0.6) is 0 Å². The topological polar surface area (TPSA) is 66.6 Å². The summed E-state index contributed by atoms with van der Waals surface area (Å²) in [6, 6.07) is 9.19. The second-order valence-corrected chi connectivity index (χ2v) is 11.3. The molecule has 4 aliphatic carbocycles. The van der Waals surface area contributed by atoms with Gasteiger partial charge < -0.3 is 15.7 Å². The van der Waals surface area contributed by atoms with Gasteiger partial charge in [0, 0.05) is 36.7 Å². The predicted molar refractivity (Wildman–Crippen MR) is 128 cm³/mol. The van der Waals surface area contributed by atoms with Crippen molar-refractivity contribution >= 4 is 11.5 Å². The fourth-order valence-corrected chi connectivity index (χ4v) is 8.01. The fourth-order valence-electron chi connectivity index (χ4n) is 8.01. The Balaban J connectivity index is 1.48. The summed E-state index contributed by atoms with van der Waals surface area (Å²) in [6.45, 7) is 4.59. The number of carbonyl (C=O) groups excluding carboxylic acids is 1. The number of aliphatic hydroxyl groups is 1. The average Bonchev–Trinajstić information content (AvgIpc) is 3.42. The smallest absolute Gasteiger partial charge is 0.156 e. The van der Waals surface area contributed by atoms with Gasteiger partial charge in [0.1, 0.15) is 0 Å². The number of nitrogens with two attached hydrogens (primary N) is 1. The molecular formula is C28H36N2O2. The lowest BCUT2D eigenvalue weighted by molar-refractivity contribution is -0.114. The van der Waals surface area contributed by atoms with Crippen molar-refractivity contribution in [3.8, 4) is 0 Å². The molecule has 4 nitrogen and oxygen atoms in total. The summed E-state index contributed by atoms with van der Waals surface area (Å²) >= 11 is 0. The van der Waals surface area contributed by atoms with Crippen molar-refractivity contribution in [1.29, 1.82) is 0 Å². The molecule has 0 spiro atoms. The predicted octanol–water partition coefficient (Wildman–Crippen LogP) is 4.63. The van der Waals surface area contributed by atoms with Gasteiger partial charge in [0.2, 0.25) is 0 Å². The lowest BCUT2D eigenvalue weighted by Crippen LogP contribution is -2.61. The van der Waals surface area contributed by atoms with Crippen LogP contribution >= 0.6 is 0 Å². The molecule has 1 aromatic rings. The number of fused-ring (bicyclic) bond motifs is 4. The minimum Gasteiger partial charge on any atom is -0.393 e. The highest BCUT2D eigenvalue weighted by molar-refractivity contribution is 5.93. The molecule has 1 saturated heterocycles. The molecule has 0 radical (unpaired) electrons. The van der Waals surface area contributed by atoms with Crippen molar-refractivity contribution in [1.82, 2.24) is 0 Å². The summed E-state index contributed by atoms with van der Waals surface area (Å²) in [6.07, 6.45) is 10.2. The Morgan fingerprint density at radius 1 is 1.06 bits per heavy atom. The SMILES string of the molecule is CC12CC(c3ccc(N4CCCC4)cc3)C3=C4CCC(=O)C=C4CCC3(N)C1CCC2O. The molecule has 0 bridgehead atoms. The number of carbonyl (C=O) groups is 1. The van der Waals surface area contributed by atoms with E-state index in [1.54, 1.807) is 0 Å². The number of ketones is 1. The van der Waals surface area contributed by atoms with Crippen molar-refractivity contribution in [2.24, 2.45) is 17.1 Å². The number of benzene rings is 1. The summed E-state index contributed by atoms with van der Waals surface area (Å²) in [4.78, 5) is 14.7. The Morgan fingerprint density at radius 2 is 1.81 bits per heavy atom. The van der Waals surface area contributed by atoms with Crippen LogP contribution in [0.15, 0.2) is 47.1 Å². The quantitative estimate of drug-likeness (QED) is 0.715. The Bertz CT molecular complexity index is 1000. The monoisotopic (exact) mass is 432 g/mol. The van der Waals surface area contributed by atoms with Crippen molar-refractivity contribution in [2.45, 2.75) is 82.3 Å². The first-order chi connectivity index (χ1) is 15.4. The van der Waals surface area contributed by atoms with E-state index in [4.69, 9.17) is 5.73 Å². The molecule has 2 saturated carbocycles. The van der Waals surface area contributed by atoms with Crippen molar-refractivity contribution < 1.29 is 9.90 Å². The van der Waals surface area contributed by atoms with E-state index in [1.807, 2.05) is 6.08 Å². The lowest BCUT2D eigenvalue weighted by Gasteiger charge is -2.57. The normalized spacial score (nSPS) is 39.0. The second-order valence-electron chi connectivity index (χ2n) is 11.3. The average molecular weight is 433 g/mol. The molecule has 1 aromatic carbocycles. The maximum atomic E-state index is 12.2. The van der Waals surface area contributed by atoms with Gasteiger partial charge in [0.25, 0.3) is 0 Å².